The number of rotatable bonds is 3. The minimum absolute atomic E-state index is 0.0182. The smallest absolute Gasteiger partial charge is 0.247 e. The molecule has 1 saturated heterocycles. The Kier molecular flexibility index (Phi) is 4.27. The fourth-order valence-electron chi connectivity index (χ4n) is 3.34. The molecule has 1 fully saturated rings. The molecule has 6 nitrogen and oxygen atoms in total. The van der Waals surface area contributed by atoms with Crippen molar-refractivity contribution in [1.82, 2.24) is 10.2 Å². The lowest BCUT2D eigenvalue weighted by molar-refractivity contribution is -0.134. The van der Waals surface area contributed by atoms with E-state index in [1.165, 1.54) is 0 Å². The van der Waals surface area contributed by atoms with E-state index in [1.54, 1.807) is 13.3 Å². The number of nitrogens with one attached hydrogen (secondary N) is 1. The van der Waals surface area contributed by atoms with Crippen molar-refractivity contribution in [2.24, 2.45) is 5.92 Å². The molecular formula is C15H22N2O4S. The Labute approximate surface area is 130 Å². The lowest BCUT2D eigenvalue weighted by Crippen LogP contribution is -2.42. The Morgan fingerprint density at radius 2 is 2.09 bits per heavy atom. The van der Waals surface area contributed by atoms with E-state index in [-0.39, 0.29) is 23.3 Å². The van der Waals surface area contributed by atoms with Gasteiger partial charge in [0.15, 0.2) is 0 Å². The van der Waals surface area contributed by atoms with Gasteiger partial charge in [-0.1, -0.05) is 0 Å². The Morgan fingerprint density at radius 1 is 1.36 bits per heavy atom. The minimum atomic E-state index is -2.86. The van der Waals surface area contributed by atoms with Crippen molar-refractivity contribution in [2.75, 3.05) is 31.6 Å². The van der Waals surface area contributed by atoms with E-state index in [0.29, 0.717) is 31.7 Å². The normalized spacial score (nSPS) is 25.8. The zero-order valence-corrected chi connectivity index (χ0v) is 13.6. The van der Waals surface area contributed by atoms with Crippen LogP contribution in [0.3, 0.4) is 0 Å². The third-order valence-electron chi connectivity index (χ3n) is 4.69. The maximum atomic E-state index is 12.7. The van der Waals surface area contributed by atoms with Gasteiger partial charge in [0.2, 0.25) is 5.91 Å². The highest BCUT2D eigenvalue weighted by molar-refractivity contribution is 7.91. The second kappa shape index (κ2) is 6.04. The topological polar surface area (TPSA) is 79.6 Å². The highest BCUT2D eigenvalue weighted by Gasteiger charge is 2.34. The van der Waals surface area contributed by atoms with Gasteiger partial charge in [0.25, 0.3) is 0 Å². The fraction of sp³-hybridized carbons (Fsp3) is 0.667. The maximum Gasteiger partial charge on any atom is 0.247 e. The van der Waals surface area contributed by atoms with Crippen LogP contribution in [0.1, 0.15) is 30.2 Å². The quantitative estimate of drug-likeness (QED) is 0.887. The van der Waals surface area contributed by atoms with Crippen LogP contribution in [0.4, 0.5) is 0 Å². The van der Waals surface area contributed by atoms with Gasteiger partial charge in [0, 0.05) is 13.1 Å². The largest absolute Gasteiger partial charge is 0.467 e. The number of amides is 1. The van der Waals surface area contributed by atoms with Crippen LogP contribution in [0.25, 0.3) is 0 Å². The van der Waals surface area contributed by atoms with Gasteiger partial charge in [-0.2, -0.15) is 0 Å². The standard InChI is InChI=1S/C15H22N2O4S/c1-16-13-14-12(3-7-21-14)2-6-17(15(13)18)10-11-4-8-22(19,20)9-5-11/h3,7,11,13,16H,2,4-6,8-10H2,1H3. The van der Waals surface area contributed by atoms with E-state index in [4.69, 9.17) is 4.42 Å². The van der Waals surface area contributed by atoms with Crippen molar-refractivity contribution in [3.8, 4) is 0 Å². The monoisotopic (exact) mass is 326 g/mol. The molecule has 0 spiro atoms. The zero-order valence-electron chi connectivity index (χ0n) is 12.7. The van der Waals surface area contributed by atoms with Crippen molar-refractivity contribution in [1.29, 1.82) is 0 Å². The van der Waals surface area contributed by atoms with Gasteiger partial charge in [-0.15, -0.1) is 0 Å². The first-order valence-electron chi connectivity index (χ1n) is 7.73. The highest BCUT2D eigenvalue weighted by atomic mass is 32.2. The van der Waals surface area contributed by atoms with Crippen molar-refractivity contribution >= 4 is 15.7 Å². The molecule has 0 aromatic carbocycles. The second-order valence-electron chi connectivity index (χ2n) is 6.16. The molecular weight excluding hydrogens is 304 g/mol. The molecule has 2 aliphatic rings. The van der Waals surface area contributed by atoms with E-state index >= 15 is 0 Å². The van der Waals surface area contributed by atoms with Crippen LogP contribution in [0.5, 0.6) is 0 Å². The predicted molar refractivity (Wildman–Crippen MR) is 82.2 cm³/mol. The lowest BCUT2D eigenvalue weighted by atomic mass is 10.0. The molecule has 1 aromatic heterocycles. The Bertz CT molecular complexity index is 638. The average molecular weight is 326 g/mol. The summed E-state index contributed by atoms with van der Waals surface area (Å²) in [5, 5.41) is 3.04. The predicted octanol–water partition coefficient (Wildman–Crippen LogP) is 0.750. The number of furan rings is 1. The number of nitrogens with zero attached hydrogens (tertiary/aromatic N) is 1. The first-order valence-corrected chi connectivity index (χ1v) is 9.55. The molecule has 1 N–H and O–H groups in total. The van der Waals surface area contributed by atoms with E-state index in [2.05, 4.69) is 5.32 Å². The van der Waals surface area contributed by atoms with E-state index < -0.39 is 15.9 Å². The molecule has 3 heterocycles. The Hall–Kier alpha value is -1.34. The molecule has 1 amide bonds. The molecule has 22 heavy (non-hydrogen) atoms. The van der Waals surface area contributed by atoms with Crippen LogP contribution in [-0.2, 0) is 21.1 Å². The zero-order chi connectivity index (χ0) is 15.7. The Balaban J connectivity index is 1.70. The summed E-state index contributed by atoms with van der Waals surface area (Å²) in [7, 11) is -1.10. The second-order valence-corrected chi connectivity index (χ2v) is 8.46. The van der Waals surface area contributed by atoms with E-state index in [9.17, 15) is 13.2 Å². The van der Waals surface area contributed by atoms with Crippen molar-refractivity contribution < 1.29 is 17.6 Å². The molecule has 122 valence electrons. The Morgan fingerprint density at radius 3 is 2.77 bits per heavy atom. The molecule has 2 aliphatic heterocycles. The van der Waals surface area contributed by atoms with Gasteiger partial charge in [0.05, 0.1) is 17.8 Å². The number of carbonyl (C=O) groups is 1. The minimum Gasteiger partial charge on any atom is -0.467 e. The lowest BCUT2D eigenvalue weighted by Gasteiger charge is -2.30. The first-order chi connectivity index (χ1) is 10.5. The van der Waals surface area contributed by atoms with Crippen molar-refractivity contribution in [2.45, 2.75) is 25.3 Å². The maximum absolute atomic E-state index is 12.7. The molecule has 0 aliphatic carbocycles. The molecule has 0 radical (unpaired) electrons. The summed E-state index contributed by atoms with van der Waals surface area (Å²) >= 11 is 0. The molecule has 1 unspecified atom stereocenters. The summed E-state index contributed by atoms with van der Waals surface area (Å²) in [5.74, 6) is 1.49. The third kappa shape index (κ3) is 3.05. The number of carbonyl (C=O) groups excluding carboxylic acids is 1. The van der Waals surface area contributed by atoms with Gasteiger partial charge in [-0.05, 0) is 43.9 Å². The number of fused-ring (bicyclic) bond motifs is 1. The number of hydrogen-bond donors (Lipinski definition) is 1. The fourth-order valence-corrected chi connectivity index (χ4v) is 4.93. The van der Waals surface area contributed by atoms with Crippen LogP contribution < -0.4 is 5.32 Å². The van der Waals surface area contributed by atoms with Crippen molar-refractivity contribution in [3.63, 3.8) is 0 Å². The summed E-state index contributed by atoms with van der Waals surface area (Å²) in [6, 6.07) is 1.48. The van der Waals surface area contributed by atoms with Crippen LogP contribution in [0, 0.1) is 5.92 Å². The summed E-state index contributed by atoms with van der Waals surface area (Å²) in [4.78, 5) is 14.6. The van der Waals surface area contributed by atoms with Crippen LogP contribution >= 0.6 is 0 Å². The summed E-state index contributed by atoms with van der Waals surface area (Å²) in [6.07, 6.45) is 3.71. The van der Waals surface area contributed by atoms with Crippen LogP contribution in [0.15, 0.2) is 16.7 Å². The number of hydrogen-bond acceptors (Lipinski definition) is 5. The third-order valence-corrected chi connectivity index (χ3v) is 6.41. The average Bonchev–Trinajstić information content (AvgIpc) is 2.89. The van der Waals surface area contributed by atoms with Gasteiger partial charge in [0.1, 0.15) is 21.6 Å². The number of likely N-dealkylation sites (N-methyl/N-ethyl adjacent to an activating group) is 1. The van der Waals surface area contributed by atoms with Gasteiger partial charge < -0.3 is 14.6 Å². The molecule has 1 aromatic rings. The summed E-state index contributed by atoms with van der Waals surface area (Å²) in [5.41, 5.74) is 1.07. The van der Waals surface area contributed by atoms with Gasteiger partial charge in [-0.3, -0.25) is 4.79 Å². The molecule has 3 rings (SSSR count). The van der Waals surface area contributed by atoms with Crippen LogP contribution in [-0.4, -0.2) is 50.9 Å². The van der Waals surface area contributed by atoms with Crippen LogP contribution in [0.2, 0.25) is 0 Å². The van der Waals surface area contributed by atoms with Crippen molar-refractivity contribution in [3.05, 3.63) is 23.7 Å². The van der Waals surface area contributed by atoms with Gasteiger partial charge >= 0.3 is 0 Å². The summed E-state index contributed by atoms with van der Waals surface area (Å²) < 4.78 is 28.5. The molecule has 7 heteroatoms. The molecule has 1 atom stereocenters. The first kappa shape index (κ1) is 15.6. The molecule has 0 saturated carbocycles. The van der Waals surface area contributed by atoms with E-state index in [0.717, 1.165) is 12.0 Å². The van der Waals surface area contributed by atoms with E-state index in [1.807, 2.05) is 11.0 Å². The highest BCUT2D eigenvalue weighted by Crippen LogP contribution is 2.27. The SMILES string of the molecule is CNC1C(=O)N(CC2CCS(=O)(=O)CC2)CCc2ccoc21. The summed E-state index contributed by atoms with van der Waals surface area (Å²) in [6.45, 7) is 1.30. The van der Waals surface area contributed by atoms with Gasteiger partial charge in [-0.25, -0.2) is 8.42 Å². The number of sulfone groups is 1. The molecule has 0 bridgehead atoms.